The van der Waals surface area contributed by atoms with Gasteiger partial charge >= 0.3 is 0 Å². The lowest BCUT2D eigenvalue weighted by atomic mass is 9.97. The third-order valence-corrected chi connectivity index (χ3v) is 15.6. The average Bonchev–Trinajstić information content (AvgIpc) is 3.39. The molecule has 14 heteroatoms. The fourth-order valence-electron chi connectivity index (χ4n) is 10.6. The Morgan fingerprint density at radius 2 is 0.781 bits per heavy atom. The topological polar surface area (TPSA) is 228 Å². The third kappa shape index (κ3) is 31.9. The predicted octanol–water partition coefficient (Wildman–Crippen LogP) is 10.5. The van der Waals surface area contributed by atoms with E-state index in [9.17, 15) is 45.6 Å². The number of rotatable bonds is 50. The van der Waals surface area contributed by atoms with E-state index in [4.69, 9.17) is 18.9 Å². The van der Waals surface area contributed by atoms with E-state index >= 15 is 0 Å². The van der Waals surface area contributed by atoms with Crippen molar-refractivity contribution in [1.29, 1.82) is 0 Å². The summed E-state index contributed by atoms with van der Waals surface area (Å²) in [6, 6.07) is -0.822. The van der Waals surface area contributed by atoms with E-state index in [0.29, 0.717) is 12.8 Å². The van der Waals surface area contributed by atoms with Crippen LogP contribution in [0.15, 0.2) is 0 Å². The molecule has 1 amide bonds. The van der Waals surface area contributed by atoms with Gasteiger partial charge in [-0.25, -0.2) is 0 Å². The van der Waals surface area contributed by atoms with Gasteiger partial charge in [-0.05, 0) is 12.8 Å². The molecule has 2 saturated heterocycles. The molecule has 12 unspecified atom stereocenters. The first-order valence-corrected chi connectivity index (χ1v) is 30.8. The molecule has 14 nitrogen and oxygen atoms in total. The monoisotopic (exact) mass is 1050 g/mol. The van der Waals surface area contributed by atoms with Crippen LogP contribution in [0.5, 0.6) is 0 Å². The summed E-state index contributed by atoms with van der Waals surface area (Å²) in [7, 11) is 0. The van der Waals surface area contributed by atoms with Gasteiger partial charge in [-0.15, -0.1) is 0 Å². The van der Waals surface area contributed by atoms with Gasteiger partial charge in [0.15, 0.2) is 12.6 Å². The number of carbonyl (C=O) groups is 1. The molecule has 2 rings (SSSR count). The first-order valence-electron chi connectivity index (χ1n) is 30.8. The van der Waals surface area contributed by atoms with Crippen LogP contribution in [0.25, 0.3) is 0 Å². The molecule has 0 aromatic rings. The zero-order valence-electron chi connectivity index (χ0n) is 46.7. The van der Waals surface area contributed by atoms with Crippen molar-refractivity contribution in [3.63, 3.8) is 0 Å². The molecule has 2 aliphatic heterocycles. The lowest BCUT2D eigenvalue weighted by Crippen LogP contribution is -2.65. The summed E-state index contributed by atoms with van der Waals surface area (Å²) in [5, 5.41) is 87.3. The van der Waals surface area contributed by atoms with Crippen LogP contribution in [0.1, 0.15) is 277 Å². The zero-order chi connectivity index (χ0) is 53.2. The Labute approximate surface area is 444 Å². The van der Waals surface area contributed by atoms with Crippen LogP contribution in [0.2, 0.25) is 0 Å². The Balaban J connectivity index is 1.73. The van der Waals surface area contributed by atoms with Crippen molar-refractivity contribution in [2.45, 2.75) is 351 Å². The van der Waals surface area contributed by atoms with Gasteiger partial charge in [-0.3, -0.25) is 4.79 Å². The van der Waals surface area contributed by atoms with Crippen LogP contribution in [0, 0.1) is 0 Å². The Morgan fingerprint density at radius 1 is 0.438 bits per heavy atom. The molecule has 0 aromatic carbocycles. The number of amides is 1. The van der Waals surface area contributed by atoms with Crippen molar-refractivity contribution in [2.75, 3.05) is 19.8 Å². The lowest BCUT2D eigenvalue weighted by molar-refractivity contribution is -0.359. The van der Waals surface area contributed by atoms with Crippen LogP contribution in [0.4, 0.5) is 0 Å². The lowest BCUT2D eigenvalue weighted by Gasteiger charge is -2.46. The molecule has 12 atom stereocenters. The minimum atomic E-state index is -1.78. The fourth-order valence-corrected chi connectivity index (χ4v) is 10.6. The standard InChI is InChI=1S/C59H115NO13/c1-3-5-7-9-11-13-15-17-19-21-22-23-24-25-27-28-30-32-34-36-38-40-42-48(63)47(60-51(64)43-41-39-37-35-33-31-29-26-20-18-16-14-12-10-8-6-4-2)46-70-58-56(69)54(67)57(50(45-62)72-58)73-59-55(68)53(66)52(65)49(44-61)71-59/h47-50,52-59,61-63,65-69H,3-46H2,1-2H3,(H,60,64). The minimum Gasteiger partial charge on any atom is -0.394 e. The van der Waals surface area contributed by atoms with E-state index < -0.39 is 86.8 Å². The Kier molecular flexibility index (Phi) is 42.9. The van der Waals surface area contributed by atoms with E-state index in [-0.39, 0.29) is 12.5 Å². The van der Waals surface area contributed by atoms with Crippen LogP contribution in [-0.2, 0) is 23.7 Å². The molecule has 2 aliphatic rings. The largest absolute Gasteiger partial charge is 0.394 e. The van der Waals surface area contributed by atoms with Crippen molar-refractivity contribution in [2.24, 2.45) is 0 Å². The minimum absolute atomic E-state index is 0.200. The van der Waals surface area contributed by atoms with E-state index in [2.05, 4.69) is 19.2 Å². The van der Waals surface area contributed by atoms with Crippen LogP contribution >= 0.6 is 0 Å². The molecule has 0 aromatic heterocycles. The molecular weight excluding hydrogens is 931 g/mol. The molecule has 2 fully saturated rings. The molecule has 434 valence electrons. The molecule has 0 saturated carbocycles. The number of aliphatic hydroxyl groups is 8. The highest BCUT2D eigenvalue weighted by Crippen LogP contribution is 2.30. The number of hydrogen-bond acceptors (Lipinski definition) is 13. The maximum atomic E-state index is 13.3. The van der Waals surface area contributed by atoms with Crippen molar-refractivity contribution in [3.8, 4) is 0 Å². The highest BCUT2D eigenvalue weighted by atomic mass is 16.7. The quantitative estimate of drug-likeness (QED) is 0.0259. The summed E-state index contributed by atoms with van der Waals surface area (Å²) in [6.45, 7) is 2.90. The van der Waals surface area contributed by atoms with Crippen molar-refractivity contribution in [1.82, 2.24) is 5.32 Å². The second kappa shape index (κ2) is 46.0. The summed E-state index contributed by atoms with van der Waals surface area (Å²) in [6.07, 6.45) is 33.8. The Morgan fingerprint density at radius 3 is 1.16 bits per heavy atom. The molecule has 0 spiro atoms. The summed E-state index contributed by atoms with van der Waals surface area (Å²) in [5.41, 5.74) is 0. The van der Waals surface area contributed by atoms with Crippen molar-refractivity contribution < 1.29 is 64.6 Å². The highest BCUT2D eigenvalue weighted by Gasteiger charge is 2.51. The predicted molar refractivity (Wildman–Crippen MR) is 291 cm³/mol. The van der Waals surface area contributed by atoms with Crippen molar-refractivity contribution in [3.05, 3.63) is 0 Å². The van der Waals surface area contributed by atoms with E-state index in [0.717, 1.165) is 51.4 Å². The normalized spacial score (nSPS) is 25.3. The van der Waals surface area contributed by atoms with Gasteiger partial charge in [-0.2, -0.15) is 0 Å². The van der Waals surface area contributed by atoms with E-state index in [1.165, 1.54) is 199 Å². The van der Waals surface area contributed by atoms with Crippen LogP contribution < -0.4 is 5.32 Å². The smallest absolute Gasteiger partial charge is 0.220 e. The van der Waals surface area contributed by atoms with Gasteiger partial charge in [0.2, 0.25) is 5.91 Å². The van der Waals surface area contributed by atoms with Crippen molar-refractivity contribution >= 4 is 5.91 Å². The second-order valence-electron chi connectivity index (χ2n) is 22.2. The van der Waals surface area contributed by atoms with Gasteiger partial charge in [0.25, 0.3) is 0 Å². The first-order chi connectivity index (χ1) is 35.6. The van der Waals surface area contributed by atoms with Gasteiger partial charge in [0.1, 0.15) is 48.8 Å². The summed E-state index contributed by atoms with van der Waals surface area (Å²) < 4.78 is 22.9. The van der Waals surface area contributed by atoms with Gasteiger partial charge < -0.3 is 65.1 Å². The SMILES string of the molecule is CCCCCCCCCCCCCCCCCCCCCCCCC(O)C(COC1OC(CO)C(OC2OC(CO)C(O)C(O)C2O)C(O)C1O)NC(=O)CCCCCCCCCCCCCCCCCCC. The van der Waals surface area contributed by atoms with Gasteiger partial charge in [0, 0.05) is 6.42 Å². The number of carbonyl (C=O) groups excluding carboxylic acids is 1. The molecule has 0 aliphatic carbocycles. The molecule has 0 radical (unpaired) electrons. The summed E-state index contributed by atoms with van der Waals surface area (Å²) in [4.78, 5) is 13.3. The van der Waals surface area contributed by atoms with Gasteiger partial charge in [0.05, 0.1) is 32.0 Å². The summed E-state index contributed by atoms with van der Waals surface area (Å²) in [5.74, 6) is -0.200. The number of unbranched alkanes of at least 4 members (excludes halogenated alkanes) is 37. The zero-order valence-corrected chi connectivity index (χ0v) is 46.7. The molecule has 73 heavy (non-hydrogen) atoms. The maximum absolute atomic E-state index is 13.3. The molecular formula is C59H115NO13. The van der Waals surface area contributed by atoms with Crippen LogP contribution in [-0.4, -0.2) is 140 Å². The van der Waals surface area contributed by atoms with E-state index in [1.807, 2.05) is 0 Å². The molecule has 2 heterocycles. The number of aliphatic hydroxyl groups excluding tert-OH is 8. The second-order valence-corrected chi connectivity index (χ2v) is 22.2. The Bertz CT molecular complexity index is 1230. The number of ether oxygens (including phenoxy) is 4. The first kappa shape index (κ1) is 68.1. The molecule has 0 bridgehead atoms. The van der Waals surface area contributed by atoms with E-state index in [1.54, 1.807) is 0 Å². The third-order valence-electron chi connectivity index (χ3n) is 15.6. The molecule has 9 N–H and O–H groups in total. The Hall–Kier alpha value is -1.01. The van der Waals surface area contributed by atoms with Crippen LogP contribution in [0.3, 0.4) is 0 Å². The highest BCUT2D eigenvalue weighted by molar-refractivity contribution is 5.76. The average molecular weight is 1050 g/mol. The van der Waals surface area contributed by atoms with Gasteiger partial charge in [-0.1, -0.05) is 258 Å². The summed E-state index contributed by atoms with van der Waals surface area (Å²) >= 11 is 0. The fraction of sp³-hybridized carbons (Fsp3) is 0.983. The maximum Gasteiger partial charge on any atom is 0.220 e. The number of hydrogen-bond donors (Lipinski definition) is 9. The number of nitrogens with one attached hydrogen (secondary N) is 1.